The number of hydrogen-bond acceptors (Lipinski definition) is 3. The Morgan fingerprint density at radius 3 is 2.56 bits per heavy atom. The summed E-state index contributed by atoms with van der Waals surface area (Å²) >= 11 is 0. The minimum absolute atomic E-state index is 0.0372. The molecular weight excluding hydrogens is 208 g/mol. The van der Waals surface area contributed by atoms with Gasteiger partial charge in [0.1, 0.15) is 0 Å². The van der Waals surface area contributed by atoms with E-state index < -0.39 is 4.92 Å². The second kappa shape index (κ2) is 5.65. The van der Waals surface area contributed by atoms with Crippen LogP contribution in [0.1, 0.15) is 12.5 Å². The molecule has 1 amide bonds. The zero-order valence-electron chi connectivity index (χ0n) is 8.84. The summed E-state index contributed by atoms with van der Waals surface area (Å²) in [6.07, 6.45) is 3.00. The molecule has 0 radical (unpaired) electrons. The standard InChI is InChI=1S/C11H12N2O3/c1-2-12-11(14)8-5-9-3-6-10(7-4-9)13(15)16/h3-8H,2H2,1H3,(H,12,14)/b8-5+. The Labute approximate surface area is 92.9 Å². The maximum Gasteiger partial charge on any atom is 0.269 e. The number of nitro groups is 1. The van der Waals surface area contributed by atoms with Crippen molar-refractivity contribution in [2.45, 2.75) is 6.92 Å². The third-order valence-corrected chi connectivity index (χ3v) is 1.88. The molecule has 0 heterocycles. The molecule has 5 nitrogen and oxygen atoms in total. The molecule has 0 aliphatic rings. The second-order valence-electron chi connectivity index (χ2n) is 3.08. The zero-order valence-corrected chi connectivity index (χ0v) is 8.84. The molecule has 1 aromatic carbocycles. The molecule has 84 valence electrons. The maximum absolute atomic E-state index is 11.1. The average molecular weight is 220 g/mol. The van der Waals surface area contributed by atoms with Crippen LogP contribution in [0, 0.1) is 10.1 Å². The van der Waals surface area contributed by atoms with E-state index in [9.17, 15) is 14.9 Å². The zero-order chi connectivity index (χ0) is 12.0. The molecule has 0 aromatic heterocycles. The van der Waals surface area contributed by atoms with Gasteiger partial charge >= 0.3 is 0 Å². The molecule has 5 heteroatoms. The molecule has 0 aliphatic carbocycles. The van der Waals surface area contributed by atoms with E-state index in [0.29, 0.717) is 6.54 Å². The van der Waals surface area contributed by atoms with E-state index in [1.54, 1.807) is 18.2 Å². The Balaban J connectivity index is 2.68. The van der Waals surface area contributed by atoms with Crippen molar-refractivity contribution in [1.82, 2.24) is 5.32 Å². The SMILES string of the molecule is CCNC(=O)/C=C/c1ccc([N+](=O)[O-])cc1. The third kappa shape index (κ3) is 3.53. The number of carbonyl (C=O) groups is 1. The fourth-order valence-electron chi connectivity index (χ4n) is 1.11. The summed E-state index contributed by atoms with van der Waals surface area (Å²) in [6.45, 7) is 2.40. The van der Waals surface area contributed by atoms with E-state index in [-0.39, 0.29) is 11.6 Å². The molecule has 0 spiro atoms. The molecule has 0 saturated carbocycles. The van der Waals surface area contributed by atoms with Crippen LogP contribution in [0.25, 0.3) is 6.08 Å². The first-order valence-corrected chi connectivity index (χ1v) is 4.84. The quantitative estimate of drug-likeness (QED) is 0.477. The van der Waals surface area contributed by atoms with Crippen molar-refractivity contribution in [3.8, 4) is 0 Å². The summed E-state index contributed by atoms with van der Waals surface area (Å²) in [6, 6.07) is 5.98. The van der Waals surface area contributed by atoms with Gasteiger partial charge in [-0.05, 0) is 30.7 Å². The lowest BCUT2D eigenvalue weighted by molar-refractivity contribution is -0.384. The first-order chi connectivity index (χ1) is 7.63. The van der Waals surface area contributed by atoms with Gasteiger partial charge in [0.05, 0.1) is 4.92 Å². The van der Waals surface area contributed by atoms with Gasteiger partial charge in [-0.15, -0.1) is 0 Å². The number of nitrogens with one attached hydrogen (secondary N) is 1. The van der Waals surface area contributed by atoms with Crippen molar-refractivity contribution in [1.29, 1.82) is 0 Å². The molecular formula is C11H12N2O3. The van der Waals surface area contributed by atoms with E-state index in [2.05, 4.69) is 5.32 Å². The van der Waals surface area contributed by atoms with Gasteiger partial charge in [0.25, 0.3) is 5.69 Å². The Morgan fingerprint density at radius 1 is 1.44 bits per heavy atom. The first kappa shape index (κ1) is 11.9. The van der Waals surface area contributed by atoms with Crippen LogP contribution >= 0.6 is 0 Å². The van der Waals surface area contributed by atoms with Crippen LogP contribution in [0.2, 0.25) is 0 Å². The number of rotatable bonds is 4. The van der Waals surface area contributed by atoms with E-state index in [1.807, 2.05) is 6.92 Å². The molecule has 1 aromatic rings. The van der Waals surface area contributed by atoms with Crippen LogP contribution < -0.4 is 5.32 Å². The second-order valence-corrected chi connectivity index (χ2v) is 3.08. The van der Waals surface area contributed by atoms with Crippen LogP contribution in [0.4, 0.5) is 5.69 Å². The van der Waals surface area contributed by atoms with Gasteiger partial charge in [0.15, 0.2) is 0 Å². The largest absolute Gasteiger partial charge is 0.353 e. The number of amides is 1. The Bertz CT molecular complexity index is 410. The van der Waals surface area contributed by atoms with Crippen LogP contribution in [-0.4, -0.2) is 17.4 Å². The smallest absolute Gasteiger partial charge is 0.269 e. The van der Waals surface area contributed by atoms with Crippen molar-refractivity contribution in [3.63, 3.8) is 0 Å². The van der Waals surface area contributed by atoms with Crippen LogP contribution in [0.15, 0.2) is 30.3 Å². The topological polar surface area (TPSA) is 72.2 Å². The Kier molecular flexibility index (Phi) is 4.20. The monoisotopic (exact) mass is 220 g/mol. The molecule has 0 aliphatic heterocycles. The summed E-state index contributed by atoms with van der Waals surface area (Å²) in [4.78, 5) is 21.0. The number of hydrogen-bond donors (Lipinski definition) is 1. The number of nitrogens with zero attached hydrogens (tertiary/aromatic N) is 1. The van der Waals surface area contributed by atoms with Crippen molar-refractivity contribution in [3.05, 3.63) is 46.0 Å². The molecule has 0 saturated heterocycles. The van der Waals surface area contributed by atoms with E-state index >= 15 is 0 Å². The number of non-ortho nitro benzene ring substituents is 1. The van der Waals surface area contributed by atoms with Crippen LogP contribution in [0.5, 0.6) is 0 Å². The number of carbonyl (C=O) groups excluding carboxylic acids is 1. The molecule has 1 N–H and O–H groups in total. The molecule has 0 fully saturated rings. The molecule has 0 unspecified atom stereocenters. The average Bonchev–Trinajstić information content (AvgIpc) is 2.27. The highest BCUT2D eigenvalue weighted by atomic mass is 16.6. The van der Waals surface area contributed by atoms with E-state index in [4.69, 9.17) is 0 Å². The van der Waals surface area contributed by atoms with Crippen molar-refractivity contribution in [2.75, 3.05) is 6.54 Å². The normalized spacial score (nSPS) is 10.3. The lowest BCUT2D eigenvalue weighted by Crippen LogP contribution is -2.19. The van der Waals surface area contributed by atoms with Gasteiger partial charge < -0.3 is 5.32 Å². The lowest BCUT2D eigenvalue weighted by atomic mass is 10.2. The summed E-state index contributed by atoms with van der Waals surface area (Å²) in [5.74, 6) is -0.180. The van der Waals surface area contributed by atoms with E-state index in [1.165, 1.54) is 18.2 Å². The molecule has 0 atom stereocenters. The van der Waals surface area contributed by atoms with Gasteiger partial charge in [-0.3, -0.25) is 14.9 Å². The summed E-state index contributed by atoms with van der Waals surface area (Å²) in [5, 5.41) is 13.0. The van der Waals surface area contributed by atoms with Gasteiger partial charge in [-0.1, -0.05) is 0 Å². The number of nitro benzene ring substituents is 1. The summed E-state index contributed by atoms with van der Waals surface area (Å²) < 4.78 is 0. The highest BCUT2D eigenvalue weighted by Gasteiger charge is 2.02. The number of likely N-dealkylation sites (N-methyl/N-ethyl adjacent to an activating group) is 1. The predicted octanol–water partition coefficient (Wildman–Crippen LogP) is 1.74. The van der Waals surface area contributed by atoms with Crippen LogP contribution in [-0.2, 0) is 4.79 Å². The summed E-state index contributed by atoms with van der Waals surface area (Å²) in [5.41, 5.74) is 0.784. The first-order valence-electron chi connectivity index (χ1n) is 4.84. The molecule has 16 heavy (non-hydrogen) atoms. The van der Waals surface area contributed by atoms with Gasteiger partial charge in [0.2, 0.25) is 5.91 Å². The van der Waals surface area contributed by atoms with Gasteiger partial charge in [0, 0.05) is 24.8 Å². The fraction of sp³-hybridized carbons (Fsp3) is 0.182. The Morgan fingerprint density at radius 2 is 2.06 bits per heavy atom. The van der Waals surface area contributed by atoms with E-state index in [0.717, 1.165) is 5.56 Å². The molecule has 1 rings (SSSR count). The van der Waals surface area contributed by atoms with Gasteiger partial charge in [-0.2, -0.15) is 0 Å². The third-order valence-electron chi connectivity index (χ3n) is 1.88. The summed E-state index contributed by atoms with van der Waals surface area (Å²) in [7, 11) is 0. The maximum atomic E-state index is 11.1. The highest BCUT2D eigenvalue weighted by Crippen LogP contribution is 2.12. The Hall–Kier alpha value is -2.17. The van der Waals surface area contributed by atoms with Crippen molar-refractivity contribution >= 4 is 17.7 Å². The lowest BCUT2D eigenvalue weighted by Gasteiger charge is -1.95. The highest BCUT2D eigenvalue weighted by molar-refractivity contribution is 5.91. The van der Waals surface area contributed by atoms with Crippen molar-refractivity contribution in [2.24, 2.45) is 0 Å². The minimum atomic E-state index is -0.461. The minimum Gasteiger partial charge on any atom is -0.353 e. The fourth-order valence-corrected chi connectivity index (χ4v) is 1.11. The predicted molar refractivity (Wildman–Crippen MR) is 60.8 cm³/mol. The van der Waals surface area contributed by atoms with Gasteiger partial charge in [-0.25, -0.2) is 0 Å². The number of benzene rings is 1. The van der Waals surface area contributed by atoms with Crippen LogP contribution in [0.3, 0.4) is 0 Å². The van der Waals surface area contributed by atoms with Crippen molar-refractivity contribution < 1.29 is 9.72 Å². The molecule has 0 bridgehead atoms.